The van der Waals surface area contributed by atoms with Crippen LogP contribution in [0.5, 0.6) is 0 Å². The van der Waals surface area contributed by atoms with Gasteiger partial charge in [-0.15, -0.1) is 11.3 Å². The first-order chi connectivity index (χ1) is 9.61. The van der Waals surface area contributed by atoms with Gasteiger partial charge in [-0.25, -0.2) is 14.6 Å². The SMILES string of the molecule is CCCNC(Cc1ncnn1C(C)C)c1csc(C)n1. The Bertz CT molecular complexity index is 531. The zero-order valence-corrected chi connectivity index (χ0v) is 13.4. The zero-order chi connectivity index (χ0) is 14.5. The van der Waals surface area contributed by atoms with Gasteiger partial charge < -0.3 is 5.32 Å². The molecule has 2 rings (SSSR count). The standard InChI is InChI=1S/C14H23N5S/c1-5-6-15-12(13-8-20-11(4)18-13)7-14-16-9-17-19(14)10(2)3/h8-10,12,15H,5-7H2,1-4H3. The molecule has 0 amide bonds. The maximum atomic E-state index is 4.62. The summed E-state index contributed by atoms with van der Waals surface area (Å²) < 4.78 is 1.99. The average molecular weight is 293 g/mol. The van der Waals surface area contributed by atoms with Gasteiger partial charge in [-0.05, 0) is 33.7 Å². The molecule has 1 atom stereocenters. The van der Waals surface area contributed by atoms with Crippen LogP contribution in [0.15, 0.2) is 11.7 Å². The summed E-state index contributed by atoms with van der Waals surface area (Å²) in [6, 6.07) is 0.540. The third kappa shape index (κ3) is 3.64. The number of rotatable bonds is 7. The predicted octanol–water partition coefficient (Wildman–Crippen LogP) is 2.91. The van der Waals surface area contributed by atoms with Gasteiger partial charge in [0, 0.05) is 17.8 Å². The molecule has 0 aliphatic heterocycles. The maximum Gasteiger partial charge on any atom is 0.138 e. The van der Waals surface area contributed by atoms with Crippen LogP contribution in [0.4, 0.5) is 0 Å². The van der Waals surface area contributed by atoms with Crippen LogP contribution in [0.1, 0.15) is 55.8 Å². The highest BCUT2D eigenvalue weighted by Gasteiger charge is 2.18. The van der Waals surface area contributed by atoms with E-state index in [4.69, 9.17) is 0 Å². The van der Waals surface area contributed by atoms with Crippen LogP contribution in [0.2, 0.25) is 0 Å². The van der Waals surface area contributed by atoms with E-state index in [1.54, 1.807) is 17.7 Å². The monoisotopic (exact) mass is 293 g/mol. The molecule has 0 aromatic carbocycles. The van der Waals surface area contributed by atoms with Crippen LogP contribution < -0.4 is 5.32 Å². The Labute approximate surface area is 124 Å². The van der Waals surface area contributed by atoms with Gasteiger partial charge in [0.1, 0.15) is 12.2 Å². The number of hydrogen-bond donors (Lipinski definition) is 1. The molecule has 20 heavy (non-hydrogen) atoms. The highest BCUT2D eigenvalue weighted by atomic mass is 32.1. The molecular formula is C14H23N5S. The van der Waals surface area contributed by atoms with Crippen molar-refractivity contribution in [3.05, 3.63) is 28.2 Å². The summed E-state index contributed by atoms with van der Waals surface area (Å²) in [6.07, 6.45) is 3.57. The Balaban J connectivity index is 2.17. The Kier molecular flexibility index (Phi) is 5.25. The molecule has 0 saturated carbocycles. The van der Waals surface area contributed by atoms with Gasteiger partial charge in [0.2, 0.25) is 0 Å². The van der Waals surface area contributed by atoms with Gasteiger partial charge in [0.05, 0.1) is 16.7 Å². The van der Waals surface area contributed by atoms with Crippen LogP contribution in [-0.2, 0) is 6.42 Å². The number of aryl methyl sites for hydroxylation is 1. The summed E-state index contributed by atoms with van der Waals surface area (Å²) >= 11 is 1.70. The lowest BCUT2D eigenvalue weighted by atomic mass is 10.1. The van der Waals surface area contributed by atoms with Gasteiger partial charge in [-0.2, -0.15) is 5.10 Å². The summed E-state index contributed by atoms with van der Waals surface area (Å²) in [5, 5.41) is 11.1. The Morgan fingerprint density at radius 3 is 2.80 bits per heavy atom. The van der Waals surface area contributed by atoms with E-state index in [0.717, 1.165) is 35.9 Å². The molecule has 0 aliphatic rings. The quantitative estimate of drug-likeness (QED) is 0.853. The van der Waals surface area contributed by atoms with E-state index in [1.807, 2.05) is 11.6 Å². The van der Waals surface area contributed by atoms with Gasteiger partial charge in [-0.1, -0.05) is 6.92 Å². The smallest absolute Gasteiger partial charge is 0.138 e. The lowest BCUT2D eigenvalue weighted by Gasteiger charge is -2.17. The van der Waals surface area contributed by atoms with Gasteiger partial charge in [0.15, 0.2) is 0 Å². The third-order valence-electron chi connectivity index (χ3n) is 3.16. The van der Waals surface area contributed by atoms with E-state index >= 15 is 0 Å². The number of thiazole rings is 1. The molecule has 1 N–H and O–H groups in total. The topological polar surface area (TPSA) is 55.6 Å². The minimum atomic E-state index is 0.210. The Hall–Kier alpha value is -1.27. The normalized spacial score (nSPS) is 13.1. The molecule has 2 heterocycles. The number of hydrogen-bond acceptors (Lipinski definition) is 5. The minimum absolute atomic E-state index is 0.210. The van der Waals surface area contributed by atoms with E-state index in [-0.39, 0.29) is 6.04 Å². The molecule has 0 radical (unpaired) electrons. The van der Waals surface area contributed by atoms with E-state index in [1.165, 1.54) is 0 Å². The maximum absolute atomic E-state index is 4.62. The molecule has 110 valence electrons. The summed E-state index contributed by atoms with van der Waals surface area (Å²) in [5.41, 5.74) is 1.11. The number of nitrogens with zero attached hydrogens (tertiary/aromatic N) is 4. The second kappa shape index (κ2) is 6.95. The lowest BCUT2D eigenvalue weighted by molar-refractivity contribution is 0.459. The fourth-order valence-corrected chi connectivity index (χ4v) is 2.84. The van der Waals surface area contributed by atoms with E-state index in [2.05, 4.69) is 46.5 Å². The summed E-state index contributed by atoms with van der Waals surface area (Å²) in [4.78, 5) is 9.02. The molecule has 2 aromatic rings. The van der Waals surface area contributed by atoms with Crippen molar-refractivity contribution < 1.29 is 0 Å². The van der Waals surface area contributed by atoms with Gasteiger partial charge in [-0.3, -0.25) is 0 Å². The van der Waals surface area contributed by atoms with Crippen LogP contribution in [0.25, 0.3) is 0 Å². The Morgan fingerprint density at radius 1 is 1.40 bits per heavy atom. The largest absolute Gasteiger partial charge is 0.308 e. The first kappa shape index (κ1) is 15.1. The first-order valence-electron chi connectivity index (χ1n) is 7.15. The fourth-order valence-electron chi connectivity index (χ4n) is 2.17. The molecule has 0 bridgehead atoms. The van der Waals surface area contributed by atoms with Crippen LogP contribution >= 0.6 is 11.3 Å². The number of aromatic nitrogens is 4. The van der Waals surface area contributed by atoms with Crippen molar-refractivity contribution in [3.63, 3.8) is 0 Å². The Morgan fingerprint density at radius 2 is 2.20 bits per heavy atom. The molecule has 0 fully saturated rings. The molecule has 0 saturated heterocycles. The highest BCUT2D eigenvalue weighted by molar-refractivity contribution is 7.09. The van der Waals surface area contributed by atoms with Crippen molar-refractivity contribution in [2.75, 3.05) is 6.54 Å². The van der Waals surface area contributed by atoms with Crippen molar-refractivity contribution in [2.24, 2.45) is 0 Å². The first-order valence-corrected chi connectivity index (χ1v) is 8.03. The summed E-state index contributed by atoms with van der Waals surface area (Å²) in [7, 11) is 0. The van der Waals surface area contributed by atoms with Crippen molar-refractivity contribution in [2.45, 2.75) is 52.6 Å². The van der Waals surface area contributed by atoms with E-state index in [9.17, 15) is 0 Å². The molecule has 1 unspecified atom stereocenters. The van der Waals surface area contributed by atoms with Crippen molar-refractivity contribution in [3.8, 4) is 0 Å². The molecule has 2 aromatic heterocycles. The minimum Gasteiger partial charge on any atom is -0.308 e. The lowest BCUT2D eigenvalue weighted by Crippen LogP contribution is -2.26. The molecule has 0 spiro atoms. The van der Waals surface area contributed by atoms with E-state index in [0.29, 0.717) is 6.04 Å². The third-order valence-corrected chi connectivity index (χ3v) is 3.95. The predicted molar refractivity (Wildman–Crippen MR) is 82.0 cm³/mol. The van der Waals surface area contributed by atoms with Crippen LogP contribution in [-0.4, -0.2) is 26.3 Å². The zero-order valence-electron chi connectivity index (χ0n) is 12.6. The number of nitrogens with one attached hydrogen (secondary N) is 1. The average Bonchev–Trinajstić information content (AvgIpc) is 3.03. The van der Waals surface area contributed by atoms with Gasteiger partial charge >= 0.3 is 0 Å². The second-order valence-corrected chi connectivity index (χ2v) is 6.28. The fraction of sp³-hybridized carbons (Fsp3) is 0.643. The molecule has 6 heteroatoms. The van der Waals surface area contributed by atoms with E-state index < -0.39 is 0 Å². The van der Waals surface area contributed by atoms with Crippen LogP contribution in [0, 0.1) is 6.92 Å². The second-order valence-electron chi connectivity index (χ2n) is 5.22. The van der Waals surface area contributed by atoms with Crippen molar-refractivity contribution in [1.82, 2.24) is 25.1 Å². The highest BCUT2D eigenvalue weighted by Crippen LogP contribution is 2.20. The molecule has 5 nitrogen and oxygen atoms in total. The van der Waals surface area contributed by atoms with Gasteiger partial charge in [0.25, 0.3) is 0 Å². The van der Waals surface area contributed by atoms with Crippen molar-refractivity contribution in [1.29, 1.82) is 0 Å². The molecule has 0 aliphatic carbocycles. The molecular weight excluding hydrogens is 270 g/mol. The summed E-state index contributed by atoms with van der Waals surface area (Å²) in [5.74, 6) is 1.01. The van der Waals surface area contributed by atoms with Crippen LogP contribution in [0.3, 0.4) is 0 Å². The summed E-state index contributed by atoms with van der Waals surface area (Å²) in [6.45, 7) is 9.45. The van der Waals surface area contributed by atoms with Crippen molar-refractivity contribution >= 4 is 11.3 Å².